The predicted molar refractivity (Wildman–Crippen MR) is 69.4 cm³/mol. The molecule has 1 aromatic carbocycles. The Bertz CT molecular complexity index is 675. The van der Waals surface area contributed by atoms with Gasteiger partial charge < -0.3 is 5.11 Å². The van der Waals surface area contributed by atoms with E-state index in [1.165, 1.54) is 10.8 Å². The molecule has 21 heavy (non-hydrogen) atoms. The van der Waals surface area contributed by atoms with Crippen LogP contribution in [-0.2, 0) is 17.5 Å². The van der Waals surface area contributed by atoms with Gasteiger partial charge in [-0.2, -0.15) is 18.3 Å². The molecule has 0 unspecified atom stereocenters. The summed E-state index contributed by atoms with van der Waals surface area (Å²) in [7, 11) is 0. The molecular weight excluding hydrogens is 285 g/mol. The van der Waals surface area contributed by atoms with Gasteiger partial charge in [0.05, 0.1) is 18.3 Å². The normalized spacial score (nSPS) is 12.0. The molecular formula is C14H11F3N2O2. The molecule has 0 spiro atoms. The summed E-state index contributed by atoms with van der Waals surface area (Å²) in [5.74, 6) is -1.07. The van der Waals surface area contributed by atoms with Crippen LogP contribution in [0.3, 0.4) is 0 Å². The molecule has 4 nitrogen and oxygen atoms in total. The zero-order chi connectivity index (χ0) is 15.5. The summed E-state index contributed by atoms with van der Waals surface area (Å²) in [5, 5.41) is 12.2. The first-order valence-corrected chi connectivity index (χ1v) is 5.94. The van der Waals surface area contributed by atoms with Gasteiger partial charge in [-0.3, -0.25) is 4.68 Å². The Kier molecular flexibility index (Phi) is 4.11. The minimum absolute atomic E-state index is 0.171. The Morgan fingerprint density at radius 1 is 1.38 bits per heavy atom. The van der Waals surface area contributed by atoms with Crippen molar-refractivity contribution in [1.82, 2.24) is 9.78 Å². The molecule has 110 valence electrons. The van der Waals surface area contributed by atoms with E-state index in [1.807, 2.05) is 0 Å². The topological polar surface area (TPSA) is 55.1 Å². The SMILES string of the molecule is O=C(O)C=Cc1cccc(Cn2cc(C(F)(F)F)cn2)c1. The maximum atomic E-state index is 12.5. The van der Waals surface area contributed by atoms with Crippen LogP contribution < -0.4 is 0 Å². The summed E-state index contributed by atoms with van der Waals surface area (Å²) in [5.41, 5.74) is 0.571. The second kappa shape index (κ2) is 5.82. The lowest BCUT2D eigenvalue weighted by atomic mass is 10.1. The summed E-state index contributed by atoms with van der Waals surface area (Å²) in [4.78, 5) is 10.4. The molecule has 0 amide bonds. The van der Waals surface area contributed by atoms with Gasteiger partial charge in [0, 0.05) is 12.3 Å². The number of nitrogens with zero attached hydrogens (tertiary/aromatic N) is 2. The van der Waals surface area contributed by atoms with Crippen molar-refractivity contribution in [3.8, 4) is 0 Å². The quantitative estimate of drug-likeness (QED) is 0.882. The molecule has 1 N–H and O–H groups in total. The number of carboxylic acid groups (broad SMARTS) is 1. The van der Waals surface area contributed by atoms with Crippen LogP contribution in [0.15, 0.2) is 42.7 Å². The highest BCUT2D eigenvalue weighted by Gasteiger charge is 2.32. The summed E-state index contributed by atoms with van der Waals surface area (Å²) < 4.78 is 38.6. The molecule has 0 aliphatic rings. The summed E-state index contributed by atoms with van der Waals surface area (Å²) in [6.07, 6.45) is -0.302. The minimum atomic E-state index is -4.41. The zero-order valence-electron chi connectivity index (χ0n) is 10.7. The average Bonchev–Trinajstić information content (AvgIpc) is 2.85. The number of hydrogen-bond donors (Lipinski definition) is 1. The van der Waals surface area contributed by atoms with E-state index in [4.69, 9.17) is 5.11 Å². The van der Waals surface area contributed by atoms with Gasteiger partial charge in [-0.25, -0.2) is 4.79 Å². The molecule has 0 atom stereocenters. The van der Waals surface area contributed by atoms with Crippen molar-refractivity contribution >= 4 is 12.0 Å². The average molecular weight is 296 g/mol. The van der Waals surface area contributed by atoms with E-state index in [1.54, 1.807) is 24.3 Å². The van der Waals surface area contributed by atoms with Crippen molar-refractivity contribution < 1.29 is 23.1 Å². The van der Waals surface area contributed by atoms with E-state index in [2.05, 4.69) is 5.10 Å². The van der Waals surface area contributed by atoms with Crippen molar-refractivity contribution in [2.24, 2.45) is 0 Å². The van der Waals surface area contributed by atoms with Gasteiger partial charge in [-0.15, -0.1) is 0 Å². The van der Waals surface area contributed by atoms with Gasteiger partial charge in [0.25, 0.3) is 0 Å². The maximum absolute atomic E-state index is 12.5. The Morgan fingerprint density at radius 2 is 2.14 bits per heavy atom. The first kappa shape index (κ1) is 14.8. The highest BCUT2D eigenvalue weighted by Crippen LogP contribution is 2.28. The molecule has 0 saturated carbocycles. The Balaban J connectivity index is 2.15. The molecule has 7 heteroatoms. The Labute approximate surface area is 118 Å². The van der Waals surface area contributed by atoms with Crippen molar-refractivity contribution in [2.75, 3.05) is 0 Å². The fourth-order valence-electron chi connectivity index (χ4n) is 1.75. The van der Waals surface area contributed by atoms with E-state index in [-0.39, 0.29) is 6.54 Å². The third kappa shape index (κ3) is 4.20. The number of rotatable bonds is 4. The lowest BCUT2D eigenvalue weighted by Gasteiger charge is -2.04. The van der Waals surface area contributed by atoms with Crippen LogP contribution in [0, 0.1) is 0 Å². The molecule has 0 bridgehead atoms. The van der Waals surface area contributed by atoms with E-state index < -0.39 is 17.7 Å². The molecule has 0 aliphatic carbocycles. The van der Waals surface area contributed by atoms with Gasteiger partial charge in [0.2, 0.25) is 0 Å². The number of benzene rings is 1. The number of aromatic nitrogens is 2. The van der Waals surface area contributed by atoms with Gasteiger partial charge in [-0.1, -0.05) is 18.2 Å². The molecule has 0 fully saturated rings. The molecule has 0 radical (unpaired) electrons. The Hall–Kier alpha value is -2.57. The maximum Gasteiger partial charge on any atom is 0.419 e. The lowest BCUT2D eigenvalue weighted by molar-refractivity contribution is -0.137. The molecule has 1 heterocycles. The summed E-state index contributed by atoms with van der Waals surface area (Å²) >= 11 is 0. The monoisotopic (exact) mass is 296 g/mol. The number of aliphatic carboxylic acids is 1. The van der Waals surface area contributed by atoms with Crippen molar-refractivity contribution in [3.05, 3.63) is 59.4 Å². The number of carbonyl (C=O) groups is 1. The van der Waals surface area contributed by atoms with Crippen molar-refractivity contribution in [1.29, 1.82) is 0 Å². The number of carboxylic acids is 1. The van der Waals surface area contributed by atoms with E-state index >= 15 is 0 Å². The smallest absolute Gasteiger partial charge is 0.419 e. The highest BCUT2D eigenvalue weighted by molar-refractivity contribution is 5.85. The van der Waals surface area contributed by atoms with E-state index in [0.717, 1.165) is 24.0 Å². The fraction of sp³-hybridized carbons (Fsp3) is 0.143. The second-order valence-corrected chi connectivity index (χ2v) is 4.34. The van der Waals surface area contributed by atoms with Crippen molar-refractivity contribution in [2.45, 2.75) is 12.7 Å². The third-order valence-electron chi connectivity index (χ3n) is 2.67. The van der Waals surface area contributed by atoms with E-state index in [9.17, 15) is 18.0 Å². The molecule has 1 aromatic heterocycles. The molecule has 2 aromatic rings. The lowest BCUT2D eigenvalue weighted by Crippen LogP contribution is -2.04. The summed E-state index contributed by atoms with van der Waals surface area (Å²) in [6.45, 7) is 0.171. The van der Waals surface area contributed by atoms with Crippen LogP contribution in [0.1, 0.15) is 16.7 Å². The predicted octanol–water partition coefficient (Wildman–Crippen LogP) is 3.05. The van der Waals surface area contributed by atoms with Crippen LogP contribution in [0.2, 0.25) is 0 Å². The van der Waals surface area contributed by atoms with Gasteiger partial charge >= 0.3 is 12.1 Å². The number of alkyl halides is 3. The largest absolute Gasteiger partial charge is 0.478 e. The van der Waals surface area contributed by atoms with Crippen LogP contribution in [0.25, 0.3) is 6.08 Å². The molecule has 2 rings (SSSR count). The number of hydrogen-bond acceptors (Lipinski definition) is 2. The molecule has 0 saturated heterocycles. The Morgan fingerprint density at radius 3 is 2.76 bits per heavy atom. The highest BCUT2D eigenvalue weighted by atomic mass is 19.4. The van der Waals surface area contributed by atoms with Gasteiger partial charge in [0.1, 0.15) is 0 Å². The van der Waals surface area contributed by atoms with Crippen LogP contribution in [0.4, 0.5) is 13.2 Å². The van der Waals surface area contributed by atoms with E-state index in [0.29, 0.717) is 5.56 Å². The second-order valence-electron chi connectivity index (χ2n) is 4.34. The van der Waals surface area contributed by atoms with Crippen LogP contribution in [-0.4, -0.2) is 20.9 Å². The first-order valence-electron chi connectivity index (χ1n) is 5.94. The van der Waals surface area contributed by atoms with Crippen LogP contribution in [0.5, 0.6) is 0 Å². The molecule has 0 aliphatic heterocycles. The standard InChI is InChI=1S/C14H11F3N2O2/c15-14(16,17)12-7-18-19(9-12)8-11-3-1-2-10(6-11)4-5-13(20)21/h1-7,9H,8H2,(H,20,21). The third-order valence-corrected chi connectivity index (χ3v) is 2.67. The number of halogens is 3. The first-order chi connectivity index (χ1) is 9.84. The van der Waals surface area contributed by atoms with Crippen LogP contribution >= 0.6 is 0 Å². The fourth-order valence-corrected chi connectivity index (χ4v) is 1.75. The van der Waals surface area contributed by atoms with Gasteiger partial charge in [0.15, 0.2) is 0 Å². The summed E-state index contributed by atoms with van der Waals surface area (Å²) in [6, 6.07) is 6.82. The van der Waals surface area contributed by atoms with Gasteiger partial charge in [-0.05, 0) is 23.3 Å². The van der Waals surface area contributed by atoms with Crippen molar-refractivity contribution in [3.63, 3.8) is 0 Å². The zero-order valence-corrected chi connectivity index (χ0v) is 10.7. The minimum Gasteiger partial charge on any atom is -0.478 e.